The van der Waals surface area contributed by atoms with Gasteiger partial charge in [0, 0.05) is 27.2 Å². The van der Waals surface area contributed by atoms with Crippen molar-refractivity contribution in [1.29, 1.82) is 0 Å². The highest BCUT2D eigenvalue weighted by atomic mass is 35.5. The molecule has 0 spiro atoms. The predicted molar refractivity (Wildman–Crippen MR) is 70.2 cm³/mol. The maximum absolute atomic E-state index is 8.53. The van der Waals surface area contributed by atoms with E-state index in [0.29, 0.717) is 31.7 Å². The molecule has 1 aromatic heterocycles. The van der Waals surface area contributed by atoms with Crippen LogP contribution in [0.1, 0.15) is 6.42 Å². The van der Waals surface area contributed by atoms with Crippen molar-refractivity contribution in [2.45, 2.75) is 6.42 Å². The van der Waals surface area contributed by atoms with Gasteiger partial charge in [-0.05, 0) is 18.0 Å². The lowest BCUT2D eigenvalue weighted by molar-refractivity contribution is 0.0921. The van der Waals surface area contributed by atoms with Gasteiger partial charge in [0.1, 0.15) is 0 Å². The molecule has 8 heteroatoms. The van der Waals surface area contributed by atoms with Crippen LogP contribution in [0.2, 0.25) is 5.28 Å². The third kappa shape index (κ3) is 5.44. The molecular weight excluding hydrogens is 258 g/mol. The summed E-state index contributed by atoms with van der Waals surface area (Å²) < 4.78 is 5.13. The van der Waals surface area contributed by atoms with Gasteiger partial charge >= 0.3 is 0 Å². The van der Waals surface area contributed by atoms with E-state index in [-0.39, 0.29) is 11.9 Å². The Bertz CT molecular complexity index is 364. The Morgan fingerprint density at radius 3 is 2.72 bits per heavy atom. The number of halogens is 1. The molecule has 0 aliphatic rings. The van der Waals surface area contributed by atoms with Crippen molar-refractivity contribution in [2.24, 2.45) is 0 Å². The fraction of sp³-hybridized carbons (Fsp3) is 0.700. The minimum Gasteiger partial charge on any atom is -0.394 e. The molecule has 0 fully saturated rings. The molecule has 0 saturated heterocycles. The van der Waals surface area contributed by atoms with Gasteiger partial charge < -0.3 is 20.1 Å². The molecular formula is C10H18ClN5O2. The second-order valence-electron chi connectivity index (χ2n) is 3.74. The average molecular weight is 276 g/mol. The number of hydrogen-bond donors (Lipinski definition) is 2. The van der Waals surface area contributed by atoms with Crippen molar-refractivity contribution < 1.29 is 9.84 Å². The van der Waals surface area contributed by atoms with Crippen molar-refractivity contribution in [1.82, 2.24) is 15.0 Å². The van der Waals surface area contributed by atoms with Gasteiger partial charge in [0.05, 0.1) is 13.2 Å². The van der Waals surface area contributed by atoms with Gasteiger partial charge in [0.15, 0.2) is 0 Å². The van der Waals surface area contributed by atoms with E-state index < -0.39 is 0 Å². The van der Waals surface area contributed by atoms with E-state index in [1.165, 1.54) is 0 Å². The molecule has 7 nitrogen and oxygen atoms in total. The van der Waals surface area contributed by atoms with Crippen LogP contribution in [0.4, 0.5) is 11.9 Å². The monoisotopic (exact) mass is 275 g/mol. The summed E-state index contributed by atoms with van der Waals surface area (Å²) in [5.74, 6) is 0.954. The van der Waals surface area contributed by atoms with Gasteiger partial charge in [0.2, 0.25) is 17.2 Å². The summed E-state index contributed by atoms with van der Waals surface area (Å²) in [6, 6.07) is 0. The maximum Gasteiger partial charge on any atom is 0.230 e. The Hall–Kier alpha value is -1.18. The summed E-state index contributed by atoms with van der Waals surface area (Å²) in [7, 11) is 3.66. The lowest BCUT2D eigenvalue weighted by Gasteiger charge is -2.11. The zero-order chi connectivity index (χ0) is 13.4. The summed E-state index contributed by atoms with van der Waals surface area (Å²) in [6.45, 7) is 1.65. The van der Waals surface area contributed by atoms with Gasteiger partial charge in [0.25, 0.3) is 0 Å². The van der Waals surface area contributed by atoms with E-state index in [9.17, 15) is 0 Å². The molecule has 0 unspecified atom stereocenters. The Kier molecular flexibility index (Phi) is 6.63. The van der Waals surface area contributed by atoms with E-state index in [2.05, 4.69) is 20.3 Å². The summed E-state index contributed by atoms with van der Waals surface area (Å²) in [5, 5.41) is 11.7. The Balaban J connectivity index is 2.37. The van der Waals surface area contributed by atoms with E-state index >= 15 is 0 Å². The number of nitrogens with zero attached hydrogens (tertiary/aromatic N) is 4. The van der Waals surface area contributed by atoms with Crippen LogP contribution in [-0.2, 0) is 4.74 Å². The highest BCUT2D eigenvalue weighted by Crippen LogP contribution is 2.11. The topological polar surface area (TPSA) is 83.4 Å². The van der Waals surface area contributed by atoms with Crippen LogP contribution in [0.3, 0.4) is 0 Å². The van der Waals surface area contributed by atoms with Crippen LogP contribution in [0.15, 0.2) is 0 Å². The van der Waals surface area contributed by atoms with Gasteiger partial charge in [-0.25, -0.2) is 0 Å². The fourth-order valence-corrected chi connectivity index (χ4v) is 1.32. The zero-order valence-corrected chi connectivity index (χ0v) is 11.3. The third-order valence-corrected chi connectivity index (χ3v) is 2.15. The van der Waals surface area contributed by atoms with Crippen LogP contribution in [-0.4, -0.2) is 60.5 Å². The standard InChI is InChI=1S/C10H18ClN5O2/c1-16(2)10-14-8(11)13-9(15-10)12-4-3-6-18-7-5-17/h17H,3-7H2,1-2H3,(H,12,13,14,15). The average Bonchev–Trinajstić information content (AvgIpc) is 2.33. The van der Waals surface area contributed by atoms with Gasteiger partial charge in [-0.3, -0.25) is 0 Å². The first-order chi connectivity index (χ1) is 8.63. The quantitative estimate of drug-likeness (QED) is 0.665. The first-order valence-electron chi connectivity index (χ1n) is 5.65. The number of anilines is 2. The fourth-order valence-electron chi connectivity index (χ4n) is 1.16. The lowest BCUT2D eigenvalue weighted by atomic mass is 10.4. The molecule has 0 atom stereocenters. The van der Waals surface area contributed by atoms with Crippen LogP contribution < -0.4 is 10.2 Å². The van der Waals surface area contributed by atoms with E-state index in [1.807, 2.05) is 14.1 Å². The zero-order valence-electron chi connectivity index (χ0n) is 10.6. The molecule has 102 valence electrons. The maximum atomic E-state index is 8.53. The largest absolute Gasteiger partial charge is 0.394 e. The number of aliphatic hydroxyl groups is 1. The molecule has 0 aliphatic heterocycles. The first-order valence-corrected chi connectivity index (χ1v) is 6.02. The van der Waals surface area contributed by atoms with E-state index in [4.69, 9.17) is 21.4 Å². The van der Waals surface area contributed by atoms with Gasteiger partial charge in [-0.2, -0.15) is 15.0 Å². The Morgan fingerprint density at radius 2 is 2.06 bits per heavy atom. The SMILES string of the molecule is CN(C)c1nc(Cl)nc(NCCCOCCO)n1. The van der Waals surface area contributed by atoms with Crippen molar-refractivity contribution >= 4 is 23.5 Å². The molecule has 2 N–H and O–H groups in total. The van der Waals surface area contributed by atoms with Crippen molar-refractivity contribution in [2.75, 3.05) is 50.7 Å². The van der Waals surface area contributed by atoms with E-state index in [1.54, 1.807) is 4.90 Å². The Morgan fingerprint density at radius 1 is 1.28 bits per heavy atom. The number of aromatic nitrogens is 3. The smallest absolute Gasteiger partial charge is 0.230 e. The second kappa shape index (κ2) is 8.02. The molecule has 0 aromatic carbocycles. The normalized spacial score (nSPS) is 10.4. The molecule has 0 bridgehead atoms. The molecule has 0 radical (unpaired) electrons. The van der Waals surface area contributed by atoms with Gasteiger partial charge in [-0.15, -0.1) is 0 Å². The van der Waals surface area contributed by atoms with Crippen LogP contribution in [0, 0.1) is 0 Å². The van der Waals surface area contributed by atoms with Crippen molar-refractivity contribution in [3.8, 4) is 0 Å². The molecule has 0 saturated carbocycles. The predicted octanol–water partition coefficient (Wildman–Crippen LogP) is 0.402. The highest BCUT2D eigenvalue weighted by molar-refractivity contribution is 6.28. The molecule has 0 amide bonds. The van der Waals surface area contributed by atoms with Crippen LogP contribution >= 0.6 is 11.6 Å². The highest BCUT2D eigenvalue weighted by Gasteiger charge is 2.05. The van der Waals surface area contributed by atoms with Crippen LogP contribution in [0.25, 0.3) is 0 Å². The lowest BCUT2D eigenvalue weighted by Crippen LogP contribution is -2.16. The molecule has 18 heavy (non-hydrogen) atoms. The second-order valence-corrected chi connectivity index (χ2v) is 4.08. The number of rotatable bonds is 8. The summed E-state index contributed by atoms with van der Waals surface area (Å²) in [4.78, 5) is 13.9. The minimum absolute atomic E-state index is 0.0443. The summed E-state index contributed by atoms with van der Waals surface area (Å²) >= 11 is 5.79. The number of aliphatic hydroxyl groups excluding tert-OH is 1. The van der Waals surface area contributed by atoms with Crippen molar-refractivity contribution in [3.05, 3.63) is 5.28 Å². The number of hydrogen-bond acceptors (Lipinski definition) is 7. The first kappa shape index (κ1) is 14.9. The molecule has 1 rings (SSSR count). The van der Waals surface area contributed by atoms with Crippen molar-refractivity contribution in [3.63, 3.8) is 0 Å². The number of nitrogens with one attached hydrogen (secondary N) is 1. The summed E-state index contributed by atoms with van der Waals surface area (Å²) in [5.41, 5.74) is 0. The Labute approximate surface area is 111 Å². The molecule has 1 aromatic rings. The van der Waals surface area contributed by atoms with Crippen LogP contribution in [0.5, 0.6) is 0 Å². The minimum atomic E-state index is 0.0443. The van der Waals surface area contributed by atoms with Gasteiger partial charge in [-0.1, -0.05) is 0 Å². The molecule has 1 heterocycles. The number of ether oxygens (including phenoxy) is 1. The molecule has 0 aliphatic carbocycles. The third-order valence-electron chi connectivity index (χ3n) is 1.98. The van der Waals surface area contributed by atoms with E-state index in [0.717, 1.165) is 6.42 Å². The summed E-state index contributed by atoms with van der Waals surface area (Å²) in [6.07, 6.45) is 0.792.